The van der Waals surface area contributed by atoms with Gasteiger partial charge < -0.3 is 19.7 Å². The zero-order valence-corrected chi connectivity index (χ0v) is 15.1. The van der Waals surface area contributed by atoms with Crippen molar-refractivity contribution in [2.24, 2.45) is 0 Å². The molecule has 1 amide bonds. The van der Waals surface area contributed by atoms with E-state index in [-0.39, 0.29) is 24.1 Å². The molecule has 1 aliphatic rings. The van der Waals surface area contributed by atoms with Gasteiger partial charge in [-0.2, -0.15) is 0 Å². The lowest BCUT2D eigenvalue weighted by atomic mass is 10.0. The maximum atomic E-state index is 12.6. The maximum Gasteiger partial charge on any atom is 0.341 e. The number of carboxylic acid groups (broad SMARTS) is 1. The SMILES string of the molecule is CCCCOc1c2n(cc(C(=O)O)c1=O)[C@@H](Cc1ccccc1)CNC2=O. The van der Waals surface area contributed by atoms with Gasteiger partial charge in [0.15, 0.2) is 11.4 Å². The first-order valence-electron chi connectivity index (χ1n) is 9.00. The Morgan fingerprint density at radius 2 is 2.04 bits per heavy atom. The first-order valence-corrected chi connectivity index (χ1v) is 9.00. The summed E-state index contributed by atoms with van der Waals surface area (Å²) >= 11 is 0. The normalized spacial score (nSPS) is 15.7. The highest BCUT2D eigenvalue weighted by Gasteiger charge is 2.32. The molecule has 0 aliphatic carbocycles. The predicted octanol–water partition coefficient (Wildman–Crippen LogP) is 2.25. The second-order valence-electron chi connectivity index (χ2n) is 6.52. The number of carbonyl (C=O) groups excluding carboxylic acids is 1. The van der Waals surface area contributed by atoms with Crippen LogP contribution in [0.4, 0.5) is 0 Å². The summed E-state index contributed by atoms with van der Waals surface area (Å²) < 4.78 is 7.16. The van der Waals surface area contributed by atoms with Crippen molar-refractivity contribution in [2.45, 2.75) is 32.2 Å². The van der Waals surface area contributed by atoms with E-state index in [2.05, 4.69) is 5.32 Å². The first-order chi connectivity index (χ1) is 13.0. The van der Waals surface area contributed by atoms with Gasteiger partial charge in [0.1, 0.15) is 5.56 Å². The fourth-order valence-corrected chi connectivity index (χ4v) is 3.17. The molecule has 3 rings (SSSR count). The van der Waals surface area contributed by atoms with Crippen molar-refractivity contribution in [3.05, 3.63) is 63.6 Å². The minimum absolute atomic E-state index is 0.0910. The number of rotatable bonds is 7. The minimum Gasteiger partial charge on any atom is -0.487 e. The van der Waals surface area contributed by atoms with Gasteiger partial charge in [0.05, 0.1) is 12.6 Å². The molecule has 27 heavy (non-hydrogen) atoms. The number of nitrogens with zero attached hydrogens (tertiary/aromatic N) is 1. The van der Waals surface area contributed by atoms with Gasteiger partial charge in [-0.25, -0.2) is 4.79 Å². The summed E-state index contributed by atoms with van der Waals surface area (Å²) in [4.78, 5) is 36.6. The Bertz CT molecular complexity index is 905. The molecular weight excluding hydrogens is 348 g/mol. The average molecular weight is 370 g/mol. The van der Waals surface area contributed by atoms with Gasteiger partial charge in [-0.3, -0.25) is 9.59 Å². The Morgan fingerprint density at radius 3 is 2.70 bits per heavy atom. The Hall–Kier alpha value is -3.09. The van der Waals surface area contributed by atoms with E-state index in [1.54, 1.807) is 4.57 Å². The van der Waals surface area contributed by atoms with Crippen molar-refractivity contribution < 1.29 is 19.4 Å². The summed E-state index contributed by atoms with van der Waals surface area (Å²) in [5.74, 6) is -1.95. The summed E-state index contributed by atoms with van der Waals surface area (Å²) in [5.41, 5.74) is -0.0136. The molecule has 0 unspecified atom stereocenters. The fourth-order valence-electron chi connectivity index (χ4n) is 3.17. The Balaban J connectivity index is 2.09. The quantitative estimate of drug-likeness (QED) is 0.729. The molecule has 1 aromatic heterocycles. The van der Waals surface area contributed by atoms with E-state index in [9.17, 15) is 19.5 Å². The standard InChI is InChI=1S/C20H22N2O5/c1-2-3-9-27-18-16-19(24)21-11-14(10-13-7-5-4-6-8-13)22(16)12-15(17(18)23)20(25)26/h4-8,12,14H,2-3,9-11H2,1H3,(H,21,24)(H,25,26)/t14-/m0/s1. The lowest BCUT2D eigenvalue weighted by Crippen LogP contribution is -2.43. The lowest BCUT2D eigenvalue weighted by molar-refractivity contribution is 0.0691. The molecule has 0 bridgehead atoms. The monoisotopic (exact) mass is 370 g/mol. The average Bonchev–Trinajstić information content (AvgIpc) is 2.66. The number of unbranched alkanes of at least 4 members (excludes halogenated alkanes) is 1. The van der Waals surface area contributed by atoms with Gasteiger partial charge in [-0.15, -0.1) is 0 Å². The second-order valence-corrected chi connectivity index (χ2v) is 6.52. The van der Waals surface area contributed by atoms with Gasteiger partial charge in [-0.1, -0.05) is 43.7 Å². The van der Waals surface area contributed by atoms with Crippen LogP contribution in [0.2, 0.25) is 0 Å². The summed E-state index contributed by atoms with van der Waals surface area (Å²) in [6.45, 7) is 2.57. The number of fused-ring (bicyclic) bond motifs is 1. The molecule has 0 radical (unpaired) electrons. The van der Waals surface area contributed by atoms with Crippen molar-refractivity contribution in [3.63, 3.8) is 0 Å². The van der Waals surface area contributed by atoms with E-state index < -0.39 is 22.9 Å². The third-order valence-electron chi connectivity index (χ3n) is 4.59. The molecule has 1 aliphatic heterocycles. The summed E-state index contributed by atoms with van der Waals surface area (Å²) in [6.07, 6.45) is 3.40. The number of carbonyl (C=O) groups is 2. The van der Waals surface area contributed by atoms with Crippen LogP contribution in [0.5, 0.6) is 5.75 Å². The molecule has 142 valence electrons. The number of benzene rings is 1. The van der Waals surface area contributed by atoms with Gasteiger partial charge in [0.2, 0.25) is 5.43 Å². The van der Waals surface area contributed by atoms with Crippen molar-refractivity contribution in [2.75, 3.05) is 13.2 Å². The van der Waals surface area contributed by atoms with Crippen LogP contribution in [0.25, 0.3) is 0 Å². The van der Waals surface area contributed by atoms with Crippen molar-refractivity contribution in [1.29, 1.82) is 0 Å². The van der Waals surface area contributed by atoms with Crippen molar-refractivity contribution in [1.82, 2.24) is 9.88 Å². The number of hydrogen-bond donors (Lipinski definition) is 2. The van der Waals surface area contributed by atoms with E-state index in [1.807, 2.05) is 37.3 Å². The molecule has 2 N–H and O–H groups in total. The zero-order valence-electron chi connectivity index (χ0n) is 15.1. The van der Waals surface area contributed by atoms with Crippen LogP contribution in [0, 0.1) is 0 Å². The predicted molar refractivity (Wildman–Crippen MR) is 99.6 cm³/mol. The smallest absolute Gasteiger partial charge is 0.341 e. The van der Waals surface area contributed by atoms with Crippen molar-refractivity contribution >= 4 is 11.9 Å². The van der Waals surface area contributed by atoms with E-state index in [0.717, 1.165) is 12.0 Å². The van der Waals surface area contributed by atoms with Crippen molar-refractivity contribution in [3.8, 4) is 5.75 Å². The third-order valence-corrected chi connectivity index (χ3v) is 4.59. The highest BCUT2D eigenvalue weighted by Crippen LogP contribution is 2.25. The molecule has 1 aromatic carbocycles. The number of aromatic carboxylic acids is 1. The van der Waals surface area contributed by atoms with Gasteiger partial charge in [0, 0.05) is 12.7 Å². The van der Waals surface area contributed by atoms with Crippen LogP contribution in [-0.4, -0.2) is 34.7 Å². The summed E-state index contributed by atoms with van der Waals surface area (Å²) in [5, 5.41) is 12.2. The molecule has 2 aromatic rings. The highest BCUT2D eigenvalue weighted by atomic mass is 16.5. The van der Waals surface area contributed by atoms with Crippen LogP contribution in [0.15, 0.2) is 41.3 Å². The topological polar surface area (TPSA) is 97.6 Å². The van der Waals surface area contributed by atoms with Gasteiger partial charge in [-0.05, 0) is 18.4 Å². The third kappa shape index (κ3) is 3.86. The first kappa shape index (κ1) is 18.7. The largest absolute Gasteiger partial charge is 0.487 e. The Kier molecular flexibility index (Phi) is 5.59. The summed E-state index contributed by atoms with van der Waals surface area (Å²) in [7, 11) is 0. The molecule has 2 heterocycles. The Labute approximate surface area is 156 Å². The van der Waals surface area contributed by atoms with E-state index in [0.29, 0.717) is 19.4 Å². The van der Waals surface area contributed by atoms with Crippen LogP contribution < -0.4 is 15.5 Å². The van der Waals surface area contributed by atoms with Gasteiger partial charge >= 0.3 is 5.97 Å². The number of ether oxygens (including phenoxy) is 1. The zero-order chi connectivity index (χ0) is 19.4. The van der Waals surface area contributed by atoms with Crippen LogP contribution in [0.3, 0.4) is 0 Å². The molecule has 0 saturated heterocycles. The van der Waals surface area contributed by atoms with Crippen LogP contribution in [-0.2, 0) is 6.42 Å². The Morgan fingerprint density at radius 1 is 1.30 bits per heavy atom. The number of hydrogen-bond acceptors (Lipinski definition) is 4. The number of nitrogens with one attached hydrogen (secondary N) is 1. The lowest BCUT2D eigenvalue weighted by Gasteiger charge is -2.30. The highest BCUT2D eigenvalue weighted by molar-refractivity contribution is 5.97. The maximum absolute atomic E-state index is 12.6. The molecule has 0 spiro atoms. The molecule has 1 atom stereocenters. The number of aromatic nitrogens is 1. The fraction of sp³-hybridized carbons (Fsp3) is 0.350. The molecular formula is C20H22N2O5. The molecule has 7 heteroatoms. The van der Waals surface area contributed by atoms with Gasteiger partial charge in [0.25, 0.3) is 5.91 Å². The van der Waals surface area contributed by atoms with E-state index >= 15 is 0 Å². The molecule has 0 saturated carbocycles. The molecule has 7 nitrogen and oxygen atoms in total. The minimum atomic E-state index is -1.33. The second kappa shape index (κ2) is 8.07. The van der Waals surface area contributed by atoms with Crippen LogP contribution in [0.1, 0.15) is 52.2 Å². The molecule has 0 fully saturated rings. The number of pyridine rings is 1. The van der Waals surface area contributed by atoms with E-state index in [1.165, 1.54) is 6.20 Å². The number of carboxylic acids is 1. The van der Waals surface area contributed by atoms with Crippen LogP contribution >= 0.6 is 0 Å². The van der Waals surface area contributed by atoms with E-state index in [4.69, 9.17) is 4.74 Å². The number of amides is 1. The summed E-state index contributed by atoms with van der Waals surface area (Å²) in [6, 6.07) is 9.48.